The third kappa shape index (κ3) is 22.8. The van der Waals surface area contributed by atoms with Crippen LogP contribution < -0.4 is 0 Å². The van der Waals surface area contributed by atoms with Crippen LogP contribution in [0.15, 0.2) is 58.9 Å². The zero-order chi connectivity index (χ0) is 93.6. The van der Waals surface area contributed by atoms with Gasteiger partial charge in [-0.1, -0.05) is 323 Å². The highest BCUT2D eigenvalue weighted by Crippen LogP contribution is 2.59. The molecular formula is C112H134Cl2F2N8O2S7. The van der Waals surface area contributed by atoms with Crippen molar-refractivity contribution in [2.24, 2.45) is 11.8 Å². The SMILES string of the molecule is [C-]#[N+]/C(C#N)=C1\C(=C\c2sc(-c3sc4c(sc5c6c7nsnc7c7c8sc9c(CCCCCCCCCCC)c(-c%10cc(CCCCCCCCCCC)c(/C=C%11\C(=O)c%12cc(Cl)c(Cl)cc%12\C%11=C(\C#N)[N+]#[C-])s%10)sc9c8n(CC(CC)CCCC)c7c6n(CC(CC)CCCC)c45)c3CCCCCCCCCCC)cc2CCCCCCCCCCC)C(=O)c2cc(F)c(F)cc21. The number of benzene rings is 3. The van der Waals surface area contributed by atoms with Crippen molar-refractivity contribution in [3.05, 3.63) is 158 Å². The molecule has 10 nitrogen and oxygen atoms in total. The van der Waals surface area contributed by atoms with E-state index in [9.17, 15) is 15.3 Å². The summed E-state index contributed by atoms with van der Waals surface area (Å²) in [6.07, 6.45) is 59.1. The summed E-state index contributed by atoms with van der Waals surface area (Å²) >= 11 is 26.0. The molecule has 0 aliphatic heterocycles. The molecule has 2 atom stereocenters. The van der Waals surface area contributed by atoms with Crippen molar-refractivity contribution in [3.63, 3.8) is 0 Å². The Morgan fingerprint density at radius 1 is 0.406 bits per heavy atom. The summed E-state index contributed by atoms with van der Waals surface area (Å²) in [5.41, 5.74) is 13.2. The van der Waals surface area contributed by atoms with E-state index < -0.39 is 17.4 Å². The van der Waals surface area contributed by atoms with Crippen LogP contribution in [-0.4, -0.2) is 29.4 Å². The second-order valence-corrected chi connectivity index (χ2v) is 45.4. The molecule has 9 heterocycles. The van der Waals surface area contributed by atoms with E-state index in [-0.39, 0.29) is 49.5 Å². The van der Waals surface area contributed by atoms with Gasteiger partial charge in [0.15, 0.2) is 23.2 Å². The Labute approximate surface area is 827 Å². The van der Waals surface area contributed by atoms with E-state index >= 15 is 13.6 Å². The van der Waals surface area contributed by atoms with Crippen molar-refractivity contribution in [1.82, 2.24) is 17.9 Å². The van der Waals surface area contributed by atoms with Gasteiger partial charge in [0.1, 0.15) is 11.0 Å². The maximum Gasteiger partial charge on any atom is 0.270 e. The Morgan fingerprint density at radius 3 is 1.08 bits per heavy atom. The number of Topliss-reactive ketones (excluding diaryl/α,β-unsaturated/α-hetero) is 2. The first kappa shape index (κ1) is 101. The minimum absolute atomic E-state index is 0.0445. The Hall–Kier alpha value is -7.50. The lowest BCUT2D eigenvalue weighted by atomic mass is 9.99. The number of hydrogen-bond donors (Lipinski definition) is 0. The highest BCUT2D eigenvalue weighted by atomic mass is 35.5. The van der Waals surface area contributed by atoms with Crippen molar-refractivity contribution in [2.45, 2.75) is 377 Å². The average molecular weight is 1960 g/mol. The van der Waals surface area contributed by atoms with Crippen molar-refractivity contribution in [1.29, 1.82) is 10.5 Å². The number of fused-ring (bicyclic) bond motifs is 16. The highest BCUT2D eigenvalue weighted by molar-refractivity contribution is 7.37. The Morgan fingerprint density at radius 2 is 0.729 bits per heavy atom. The van der Waals surface area contributed by atoms with Crippen molar-refractivity contribution in [2.75, 3.05) is 0 Å². The predicted molar refractivity (Wildman–Crippen MR) is 573 cm³/mol. The molecule has 9 aromatic heterocycles. The van der Waals surface area contributed by atoms with Crippen LogP contribution in [0.25, 0.3) is 125 Å². The number of hydrogen-bond acceptors (Lipinski definition) is 13. The van der Waals surface area contributed by atoms with E-state index in [1.54, 1.807) is 34.8 Å². The number of nitriles is 2. The summed E-state index contributed by atoms with van der Waals surface area (Å²) in [4.78, 5) is 44.0. The lowest BCUT2D eigenvalue weighted by Gasteiger charge is -2.20. The lowest BCUT2D eigenvalue weighted by molar-refractivity contribution is 0.103. The number of carbonyl (C=O) groups is 2. The minimum Gasteiger partial charge on any atom is -0.337 e. The molecule has 133 heavy (non-hydrogen) atoms. The number of halogens is 4. The monoisotopic (exact) mass is 1950 g/mol. The van der Waals surface area contributed by atoms with Crippen molar-refractivity contribution >= 4 is 210 Å². The van der Waals surface area contributed by atoms with Gasteiger partial charge in [0.05, 0.1) is 97.3 Å². The molecule has 0 saturated carbocycles. The summed E-state index contributed by atoms with van der Waals surface area (Å²) in [5, 5.41) is 24.2. The fourth-order valence-corrected chi connectivity index (χ4v) is 30.2. The number of ketones is 2. The van der Waals surface area contributed by atoms with E-state index in [0.717, 1.165) is 198 Å². The second kappa shape index (κ2) is 49.7. The van der Waals surface area contributed by atoms with Gasteiger partial charge < -0.3 is 9.13 Å². The third-order valence-corrected chi connectivity index (χ3v) is 37.4. The average Bonchev–Trinajstić information content (AvgIpc) is 1.50. The minimum atomic E-state index is -1.15. The van der Waals surface area contributed by atoms with E-state index in [1.165, 1.54) is 271 Å². The van der Waals surface area contributed by atoms with Crippen LogP contribution in [0, 0.1) is 59.3 Å². The van der Waals surface area contributed by atoms with Gasteiger partial charge in [0.2, 0.25) is 0 Å². The van der Waals surface area contributed by atoms with Crippen molar-refractivity contribution in [3.8, 4) is 31.6 Å². The molecule has 0 bridgehead atoms. The van der Waals surface area contributed by atoms with Gasteiger partial charge in [0, 0.05) is 86.5 Å². The predicted octanol–water partition coefficient (Wildman–Crippen LogP) is 39.1. The van der Waals surface area contributed by atoms with Crippen LogP contribution >= 0.6 is 103 Å². The number of carbonyl (C=O) groups excluding carboxylic acids is 2. The van der Waals surface area contributed by atoms with Crippen LogP contribution in [0.5, 0.6) is 0 Å². The van der Waals surface area contributed by atoms with Gasteiger partial charge in [-0.15, -0.1) is 68.0 Å². The van der Waals surface area contributed by atoms with E-state index in [1.807, 2.05) is 63.6 Å². The van der Waals surface area contributed by atoms with Crippen LogP contribution in [0.3, 0.4) is 0 Å². The smallest absolute Gasteiger partial charge is 0.270 e. The van der Waals surface area contributed by atoms with Gasteiger partial charge >= 0.3 is 0 Å². The quantitative estimate of drug-likeness (QED) is 0.0162. The molecule has 0 radical (unpaired) electrons. The Balaban J connectivity index is 1.00. The summed E-state index contributed by atoms with van der Waals surface area (Å²) in [5.74, 6) is -2.33. The Kier molecular flexibility index (Phi) is 37.9. The van der Waals surface area contributed by atoms with Crippen LogP contribution in [0.4, 0.5) is 8.78 Å². The molecule has 0 amide bonds. The van der Waals surface area contributed by atoms with Crippen LogP contribution in [-0.2, 0) is 38.8 Å². The lowest BCUT2D eigenvalue weighted by Crippen LogP contribution is -2.13. The fourth-order valence-electron chi connectivity index (χ4n) is 20.7. The summed E-state index contributed by atoms with van der Waals surface area (Å²) in [6, 6.07) is 14.2. The molecule has 0 fully saturated rings. The van der Waals surface area contributed by atoms with Gasteiger partial charge in [-0.2, -0.15) is 8.75 Å². The fraction of sp³-hybridized carbons (Fsp3) is 0.536. The zero-order valence-electron chi connectivity index (χ0n) is 79.9. The van der Waals surface area contributed by atoms with E-state index in [0.29, 0.717) is 34.1 Å². The van der Waals surface area contributed by atoms with Gasteiger partial charge in [0.25, 0.3) is 11.4 Å². The number of unbranched alkanes of at least 4 members (excludes halogenated alkanes) is 34. The number of thiophene rings is 6. The molecule has 2 aliphatic carbocycles. The molecule has 21 heteroatoms. The van der Waals surface area contributed by atoms with Crippen molar-refractivity contribution < 1.29 is 18.4 Å². The van der Waals surface area contributed by atoms with E-state index in [4.69, 9.17) is 45.1 Å². The van der Waals surface area contributed by atoms with Gasteiger partial charge in [-0.05, 0) is 158 Å². The second-order valence-electron chi connectivity index (χ2n) is 37.8. The molecule has 2 aliphatic rings. The third-order valence-electron chi connectivity index (χ3n) is 28.3. The maximum absolute atomic E-state index is 15.4. The van der Waals surface area contributed by atoms with E-state index in [2.05, 4.69) is 92.4 Å². The first-order chi connectivity index (χ1) is 65.1. The molecule has 704 valence electrons. The maximum atomic E-state index is 15.4. The van der Waals surface area contributed by atoms with Crippen LogP contribution in [0.1, 0.15) is 402 Å². The highest BCUT2D eigenvalue weighted by Gasteiger charge is 2.39. The van der Waals surface area contributed by atoms with Gasteiger partial charge in [-0.3, -0.25) is 9.59 Å². The molecule has 2 unspecified atom stereocenters. The normalized spacial score (nSPS) is 14.8. The van der Waals surface area contributed by atoms with Gasteiger partial charge in [-0.25, -0.2) is 29.0 Å². The van der Waals surface area contributed by atoms with Crippen LogP contribution in [0.2, 0.25) is 10.0 Å². The molecule has 0 saturated heterocycles. The topological polar surface area (TPSA) is 126 Å². The molecule has 12 aromatic rings. The number of aromatic nitrogens is 4. The number of aryl methyl sites for hydroxylation is 4. The largest absolute Gasteiger partial charge is 0.337 e. The number of nitrogens with zero attached hydrogens (tertiary/aromatic N) is 8. The summed E-state index contributed by atoms with van der Waals surface area (Å²) < 4.78 is 55.3. The molecule has 0 spiro atoms. The summed E-state index contributed by atoms with van der Waals surface area (Å²) in [6.45, 7) is 36.7. The number of rotatable bonds is 56. The molecule has 0 N–H and O–H groups in total. The first-order valence-electron chi connectivity index (χ1n) is 50.9. The number of allylic oxidation sites excluding steroid dienone is 6. The first-order valence-corrected chi connectivity index (χ1v) is 57.3. The molecule has 3 aromatic carbocycles. The summed E-state index contributed by atoms with van der Waals surface area (Å²) in [7, 11) is 0. The molecule has 14 rings (SSSR count). The Bertz CT molecular complexity index is 6030. The zero-order valence-corrected chi connectivity index (χ0v) is 87.1. The standard InChI is InChI=1S/C112H134Cl2F2N8O2S7/c1-11-19-25-29-33-37-41-45-49-55-73-59-91(127-89(73)65-81-93(87(67-117)119-9)77-61-83(113)84(114)62-79(77)103(81)125)105-75(57-51-47-43-39-35-31-27-21-13-3)107-111(129-105)101-109(131-107)95-97-98(122-133-121-97)96-100(99(95)123(101)69-71(17-7)53-23-15-5)124(70-72(18-8)54-24-16-6)102-110(96)132-108-76(58-52-48-44-40-36-32-28-22-14-4)106(130-112(102)108)92-60-74(56-50-46-42-38-34-30-26-20-12-2)90(128-92)66-82-94(88(68-118)120-10)78-63-85(115)86(116)64-80(78)104(82)126/h59-66,71-72H,11-58,69-70H2,1-8H3/b81-65-,82-66-,93-87+,94-88-. The molecular weight excluding hydrogens is 1820 g/mol.